The quantitative estimate of drug-likeness (QED) is 0.444. The summed E-state index contributed by atoms with van der Waals surface area (Å²) in [5.74, 6) is 1.52. The van der Waals surface area contributed by atoms with Crippen LogP contribution in [0.5, 0.6) is 17.2 Å². The summed E-state index contributed by atoms with van der Waals surface area (Å²) in [6.45, 7) is 5.96. The summed E-state index contributed by atoms with van der Waals surface area (Å²) in [5.41, 5.74) is 4.43. The molecule has 0 spiro atoms. The second-order valence-electron chi connectivity index (χ2n) is 7.87. The number of methoxy groups -OCH3 is 2. The van der Waals surface area contributed by atoms with Crippen molar-refractivity contribution in [3.63, 3.8) is 0 Å². The van der Waals surface area contributed by atoms with Gasteiger partial charge in [0.05, 0.1) is 38.5 Å². The molecule has 0 aliphatic heterocycles. The standard InChI is InChI=1S/C24H26N4O4/c1-24(2,3)32-18-8-6-17(7-9-18)21-14-25-15-22(27-21)23(29)28-26-13-16-10-19(30-4)12-20(11-16)31-5/h6-15H,1-5H3,(H,28,29)/b26-13+. The summed E-state index contributed by atoms with van der Waals surface area (Å²) < 4.78 is 16.3. The lowest BCUT2D eigenvalue weighted by Crippen LogP contribution is -2.22. The average molecular weight is 434 g/mol. The minimum Gasteiger partial charge on any atom is -0.497 e. The van der Waals surface area contributed by atoms with E-state index in [9.17, 15) is 4.79 Å². The fourth-order valence-corrected chi connectivity index (χ4v) is 2.79. The number of nitrogens with zero attached hydrogens (tertiary/aromatic N) is 3. The molecule has 0 fully saturated rings. The predicted molar refractivity (Wildman–Crippen MR) is 122 cm³/mol. The summed E-state index contributed by atoms with van der Waals surface area (Å²) >= 11 is 0. The second-order valence-corrected chi connectivity index (χ2v) is 7.87. The topological polar surface area (TPSA) is 94.9 Å². The van der Waals surface area contributed by atoms with Gasteiger partial charge in [-0.25, -0.2) is 10.4 Å². The molecule has 0 radical (unpaired) electrons. The molecular formula is C24H26N4O4. The van der Waals surface area contributed by atoms with Crippen LogP contribution in [-0.2, 0) is 0 Å². The Morgan fingerprint density at radius 1 is 0.969 bits per heavy atom. The maximum absolute atomic E-state index is 12.5. The van der Waals surface area contributed by atoms with Crippen LogP contribution >= 0.6 is 0 Å². The van der Waals surface area contributed by atoms with Gasteiger partial charge in [-0.15, -0.1) is 0 Å². The van der Waals surface area contributed by atoms with Crippen LogP contribution < -0.4 is 19.6 Å². The molecule has 166 valence electrons. The number of rotatable bonds is 7. The van der Waals surface area contributed by atoms with E-state index in [4.69, 9.17) is 14.2 Å². The van der Waals surface area contributed by atoms with Gasteiger partial charge in [-0.1, -0.05) is 0 Å². The molecule has 1 aromatic heterocycles. The minimum atomic E-state index is -0.474. The smallest absolute Gasteiger partial charge is 0.291 e. The number of benzene rings is 2. The van der Waals surface area contributed by atoms with Gasteiger partial charge < -0.3 is 14.2 Å². The Hall–Kier alpha value is -3.94. The van der Waals surface area contributed by atoms with Crippen LogP contribution in [0.1, 0.15) is 36.8 Å². The Balaban J connectivity index is 1.70. The average Bonchev–Trinajstić information content (AvgIpc) is 2.78. The van der Waals surface area contributed by atoms with E-state index < -0.39 is 5.91 Å². The SMILES string of the molecule is COc1cc(/C=N/NC(=O)c2cncc(-c3ccc(OC(C)(C)C)cc3)n2)cc(OC)c1. The lowest BCUT2D eigenvalue weighted by atomic mass is 10.1. The van der Waals surface area contributed by atoms with Crippen LogP contribution in [0, 0.1) is 0 Å². The van der Waals surface area contributed by atoms with Gasteiger partial charge in [0.25, 0.3) is 5.91 Å². The first-order valence-corrected chi connectivity index (χ1v) is 9.95. The molecule has 2 aromatic carbocycles. The molecule has 1 amide bonds. The lowest BCUT2D eigenvalue weighted by Gasteiger charge is -2.21. The molecule has 8 nitrogen and oxygen atoms in total. The van der Waals surface area contributed by atoms with Crippen molar-refractivity contribution in [2.75, 3.05) is 14.2 Å². The monoisotopic (exact) mass is 434 g/mol. The van der Waals surface area contributed by atoms with Gasteiger partial charge in [0.2, 0.25) is 0 Å². The van der Waals surface area contributed by atoms with E-state index in [2.05, 4.69) is 20.5 Å². The molecule has 0 bridgehead atoms. The van der Waals surface area contributed by atoms with Crippen molar-refractivity contribution in [1.82, 2.24) is 15.4 Å². The fraction of sp³-hybridized carbons (Fsp3) is 0.250. The predicted octanol–water partition coefficient (Wildman–Crippen LogP) is 4.10. The van der Waals surface area contributed by atoms with Crippen LogP contribution in [0.25, 0.3) is 11.3 Å². The van der Waals surface area contributed by atoms with Crippen molar-refractivity contribution >= 4 is 12.1 Å². The van der Waals surface area contributed by atoms with Crippen molar-refractivity contribution in [2.45, 2.75) is 26.4 Å². The van der Waals surface area contributed by atoms with E-state index in [0.717, 1.165) is 11.3 Å². The van der Waals surface area contributed by atoms with Crippen LogP contribution in [0.4, 0.5) is 0 Å². The molecule has 0 atom stereocenters. The summed E-state index contributed by atoms with van der Waals surface area (Å²) in [4.78, 5) is 21.0. The first-order chi connectivity index (χ1) is 15.3. The molecule has 1 N–H and O–H groups in total. The highest BCUT2D eigenvalue weighted by Crippen LogP contribution is 2.23. The van der Waals surface area contributed by atoms with E-state index in [-0.39, 0.29) is 11.3 Å². The van der Waals surface area contributed by atoms with E-state index in [1.54, 1.807) is 38.6 Å². The molecule has 3 aromatic rings. The van der Waals surface area contributed by atoms with Crippen molar-refractivity contribution in [3.05, 3.63) is 66.1 Å². The van der Waals surface area contributed by atoms with E-state index in [1.807, 2.05) is 45.0 Å². The van der Waals surface area contributed by atoms with Crippen molar-refractivity contribution in [3.8, 4) is 28.5 Å². The fourth-order valence-electron chi connectivity index (χ4n) is 2.79. The van der Waals surface area contributed by atoms with Crippen molar-refractivity contribution in [1.29, 1.82) is 0 Å². The number of nitrogens with one attached hydrogen (secondary N) is 1. The third-order valence-electron chi connectivity index (χ3n) is 4.19. The van der Waals surface area contributed by atoms with E-state index in [0.29, 0.717) is 22.8 Å². The molecule has 3 rings (SSSR count). The Labute approximate surface area is 187 Å². The number of hydrazone groups is 1. The molecule has 32 heavy (non-hydrogen) atoms. The van der Waals surface area contributed by atoms with Gasteiger partial charge in [0.1, 0.15) is 28.5 Å². The highest BCUT2D eigenvalue weighted by molar-refractivity contribution is 5.93. The van der Waals surface area contributed by atoms with Gasteiger partial charge in [0.15, 0.2) is 0 Å². The first kappa shape index (κ1) is 22.7. The lowest BCUT2D eigenvalue weighted by molar-refractivity contribution is 0.0949. The Morgan fingerprint density at radius 3 is 2.22 bits per heavy atom. The summed E-state index contributed by atoms with van der Waals surface area (Å²) in [5, 5.41) is 4.00. The molecule has 0 unspecified atom stereocenters. The van der Waals surface area contributed by atoms with Gasteiger partial charge in [-0.3, -0.25) is 9.78 Å². The van der Waals surface area contributed by atoms with Crippen molar-refractivity contribution in [2.24, 2.45) is 5.10 Å². The number of aromatic nitrogens is 2. The maximum Gasteiger partial charge on any atom is 0.291 e. The number of hydrogen-bond acceptors (Lipinski definition) is 7. The number of hydrogen-bond donors (Lipinski definition) is 1. The normalized spacial score (nSPS) is 11.3. The minimum absolute atomic E-state index is 0.151. The van der Waals surface area contributed by atoms with Gasteiger partial charge in [-0.05, 0) is 57.2 Å². The number of ether oxygens (including phenoxy) is 3. The van der Waals surface area contributed by atoms with Crippen LogP contribution in [0.3, 0.4) is 0 Å². The van der Waals surface area contributed by atoms with Crippen LogP contribution in [-0.4, -0.2) is 41.9 Å². The summed E-state index contributed by atoms with van der Waals surface area (Å²) in [7, 11) is 3.13. The molecule has 0 saturated carbocycles. The summed E-state index contributed by atoms with van der Waals surface area (Å²) in [6.07, 6.45) is 4.48. The molecular weight excluding hydrogens is 408 g/mol. The Kier molecular flexibility index (Phi) is 7.04. The Bertz CT molecular complexity index is 1080. The number of amides is 1. The maximum atomic E-state index is 12.5. The molecule has 8 heteroatoms. The number of carbonyl (C=O) groups is 1. The highest BCUT2D eigenvalue weighted by Gasteiger charge is 2.13. The Morgan fingerprint density at radius 2 is 1.62 bits per heavy atom. The molecule has 1 heterocycles. The zero-order valence-corrected chi connectivity index (χ0v) is 18.7. The van der Waals surface area contributed by atoms with Gasteiger partial charge in [-0.2, -0.15) is 5.10 Å². The molecule has 0 aliphatic rings. The van der Waals surface area contributed by atoms with Gasteiger partial charge in [0, 0.05) is 17.2 Å². The van der Waals surface area contributed by atoms with E-state index >= 15 is 0 Å². The highest BCUT2D eigenvalue weighted by atomic mass is 16.5. The second kappa shape index (κ2) is 9.91. The van der Waals surface area contributed by atoms with E-state index in [1.165, 1.54) is 12.4 Å². The molecule has 0 saturated heterocycles. The first-order valence-electron chi connectivity index (χ1n) is 9.95. The van der Waals surface area contributed by atoms with Gasteiger partial charge >= 0.3 is 0 Å². The zero-order chi connectivity index (χ0) is 23.1. The zero-order valence-electron chi connectivity index (χ0n) is 18.7. The summed E-state index contributed by atoms with van der Waals surface area (Å²) in [6, 6.07) is 12.8. The third-order valence-corrected chi connectivity index (χ3v) is 4.19. The van der Waals surface area contributed by atoms with Crippen molar-refractivity contribution < 1.29 is 19.0 Å². The van der Waals surface area contributed by atoms with Crippen LogP contribution in [0.15, 0.2) is 60.0 Å². The third kappa shape index (κ3) is 6.28. The van der Waals surface area contributed by atoms with Crippen LogP contribution in [0.2, 0.25) is 0 Å². The molecule has 0 aliphatic carbocycles. The largest absolute Gasteiger partial charge is 0.497 e. The number of carbonyl (C=O) groups excluding carboxylic acids is 1.